The number of benzene rings is 1. The average Bonchev–Trinajstić information content (AvgIpc) is 3.10. The minimum absolute atomic E-state index is 0.135. The molecule has 3 aromatic rings. The van der Waals surface area contributed by atoms with E-state index in [0.717, 1.165) is 12.0 Å². The molecule has 0 bridgehead atoms. The van der Waals surface area contributed by atoms with Gasteiger partial charge < -0.3 is 14.6 Å². The molecule has 9 heteroatoms. The molecule has 0 atom stereocenters. The summed E-state index contributed by atoms with van der Waals surface area (Å²) in [5, 5.41) is 12.7. The predicted molar refractivity (Wildman–Crippen MR) is 111 cm³/mol. The second-order valence-electron chi connectivity index (χ2n) is 5.86. The van der Waals surface area contributed by atoms with Crippen LogP contribution in [0.15, 0.2) is 53.9 Å². The van der Waals surface area contributed by atoms with E-state index in [0.29, 0.717) is 34.8 Å². The molecule has 1 N–H and O–H groups in total. The lowest BCUT2D eigenvalue weighted by atomic mass is 10.2. The van der Waals surface area contributed by atoms with Crippen LogP contribution in [0.2, 0.25) is 5.02 Å². The zero-order chi connectivity index (χ0) is 19.8. The van der Waals surface area contributed by atoms with E-state index in [4.69, 9.17) is 16.3 Å². The molecule has 0 radical (unpaired) electrons. The van der Waals surface area contributed by atoms with Crippen molar-refractivity contribution in [3.63, 3.8) is 0 Å². The Morgan fingerprint density at radius 2 is 2.11 bits per heavy atom. The molecule has 3 rings (SSSR count). The van der Waals surface area contributed by atoms with E-state index in [-0.39, 0.29) is 11.7 Å². The Morgan fingerprint density at radius 1 is 1.25 bits per heavy atom. The van der Waals surface area contributed by atoms with Crippen molar-refractivity contribution in [3.8, 4) is 11.4 Å². The van der Waals surface area contributed by atoms with Crippen molar-refractivity contribution in [1.29, 1.82) is 0 Å². The fourth-order valence-electron chi connectivity index (χ4n) is 2.57. The van der Waals surface area contributed by atoms with Gasteiger partial charge in [-0.3, -0.25) is 9.78 Å². The zero-order valence-electron chi connectivity index (χ0n) is 15.3. The van der Waals surface area contributed by atoms with Crippen LogP contribution < -0.4 is 5.32 Å². The number of carbonyl (C=O) groups is 1. The molecule has 0 saturated heterocycles. The maximum absolute atomic E-state index is 12.2. The molecule has 2 aromatic heterocycles. The van der Waals surface area contributed by atoms with Crippen LogP contribution in [0.3, 0.4) is 0 Å². The van der Waals surface area contributed by atoms with Gasteiger partial charge in [0, 0.05) is 32.0 Å². The molecule has 146 valence electrons. The highest BCUT2D eigenvalue weighted by molar-refractivity contribution is 7.99. The summed E-state index contributed by atoms with van der Waals surface area (Å²) in [6.07, 6.45) is 4.05. The van der Waals surface area contributed by atoms with Crippen molar-refractivity contribution >= 4 is 35.0 Å². The molecule has 1 amide bonds. The summed E-state index contributed by atoms with van der Waals surface area (Å²) in [5.74, 6) is 0.750. The van der Waals surface area contributed by atoms with Gasteiger partial charge in [0.15, 0.2) is 11.0 Å². The Bertz CT molecular complexity index is 920. The number of amides is 1. The Morgan fingerprint density at radius 3 is 2.86 bits per heavy atom. The summed E-state index contributed by atoms with van der Waals surface area (Å²) in [7, 11) is 1.67. The van der Waals surface area contributed by atoms with E-state index >= 15 is 0 Å². The van der Waals surface area contributed by atoms with E-state index in [1.54, 1.807) is 31.6 Å². The van der Waals surface area contributed by atoms with Crippen molar-refractivity contribution in [1.82, 2.24) is 19.7 Å². The second kappa shape index (κ2) is 10.2. The van der Waals surface area contributed by atoms with E-state index in [9.17, 15) is 4.79 Å². The third-order valence-electron chi connectivity index (χ3n) is 3.84. The largest absolute Gasteiger partial charge is 0.385 e. The van der Waals surface area contributed by atoms with Crippen LogP contribution in [0.5, 0.6) is 0 Å². The Kier molecular flexibility index (Phi) is 7.41. The topological polar surface area (TPSA) is 81.9 Å². The molecular formula is C19H20ClN5O2S. The maximum atomic E-state index is 12.2. The highest BCUT2D eigenvalue weighted by Crippen LogP contribution is 2.29. The van der Waals surface area contributed by atoms with Gasteiger partial charge >= 0.3 is 0 Å². The van der Waals surface area contributed by atoms with E-state index in [1.165, 1.54) is 11.8 Å². The summed E-state index contributed by atoms with van der Waals surface area (Å²) in [6, 6.07) is 11.1. The fraction of sp³-hybridized carbons (Fsp3) is 0.263. The minimum Gasteiger partial charge on any atom is -0.385 e. The number of carbonyl (C=O) groups excluding carboxylic acids is 1. The summed E-state index contributed by atoms with van der Waals surface area (Å²) in [4.78, 5) is 16.2. The van der Waals surface area contributed by atoms with Crippen molar-refractivity contribution < 1.29 is 9.53 Å². The predicted octanol–water partition coefficient (Wildman–Crippen LogP) is 3.76. The first-order valence-corrected chi connectivity index (χ1v) is 10.0. The smallest absolute Gasteiger partial charge is 0.234 e. The van der Waals surface area contributed by atoms with E-state index in [1.807, 2.05) is 28.8 Å². The third kappa shape index (κ3) is 5.31. The number of pyridine rings is 1. The summed E-state index contributed by atoms with van der Waals surface area (Å²) < 4.78 is 7.13. The first-order valence-electron chi connectivity index (χ1n) is 8.68. The SMILES string of the molecule is COCCCn1c(SCC(=O)Nc2cccnc2)nnc1-c1ccccc1Cl. The highest BCUT2D eigenvalue weighted by Gasteiger charge is 2.17. The van der Waals surface area contributed by atoms with Crippen LogP contribution >= 0.6 is 23.4 Å². The number of halogens is 1. The number of hydrogen-bond acceptors (Lipinski definition) is 6. The summed E-state index contributed by atoms with van der Waals surface area (Å²) >= 11 is 7.66. The molecule has 0 unspecified atom stereocenters. The number of methoxy groups -OCH3 is 1. The van der Waals surface area contributed by atoms with Gasteiger partial charge in [-0.2, -0.15) is 0 Å². The van der Waals surface area contributed by atoms with Crippen molar-refractivity contribution in [2.45, 2.75) is 18.1 Å². The number of nitrogens with one attached hydrogen (secondary N) is 1. The second-order valence-corrected chi connectivity index (χ2v) is 7.21. The number of ether oxygens (including phenoxy) is 1. The molecule has 0 fully saturated rings. The quantitative estimate of drug-likeness (QED) is 0.421. The van der Waals surface area contributed by atoms with Gasteiger partial charge in [0.25, 0.3) is 0 Å². The summed E-state index contributed by atoms with van der Waals surface area (Å²) in [5.41, 5.74) is 1.46. The number of nitrogens with zero attached hydrogens (tertiary/aromatic N) is 4. The lowest BCUT2D eigenvalue weighted by Gasteiger charge is -2.11. The van der Waals surface area contributed by atoms with Gasteiger partial charge in [-0.25, -0.2) is 0 Å². The lowest BCUT2D eigenvalue weighted by Crippen LogP contribution is -2.15. The lowest BCUT2D eigenvalue weighted by molar-refractivity contribution is -0.113. The monoisotopic (exact) mass is 417 g/mol. The standard InChI is InChI=1S/C19H20ClN5O2S/c1-27-11-5-10-25-18(15-7-2-3-8-16(15)20)23-24-19(25)28-13-17(26)22-14-6-4-9-21-12-14/h2-4,6-9,12H,5,10-11,13H2,1H3,(H,22,26). The highest BCUT2D eigenvalue weighted by atomic mass is 35.5. The molecule has 28 heavy (non-hydrogen) atoms. The normalized spacial score (nSPS) is 10.8. The number of aromatic nitrogens is 4. The van der Waals surface area contributed by atoms with Gasteiger partial charge in [-0.05, 0) is 30.7 Å². The van der Waals surface area contributed by atoms with Crippen LogP contribution in [-0.2, 0) is 16.1 Å². The Hall–Kier alpha value is -2.42. The molecule has 0 saturated carbocycles. The van der Waals surface area contributed by atoms with Crippen molar-refractivity contribution in [3.05, 3.63) is 53.8 Å². The van der Waals surface area contributed by atoms with Gasteiger partial charge in [-0.1, -0.05) is 35.5 Å². The molecule has 1 aromatic carbocycles. The molecule has 0 aliphatic rings. The van der Waals surface area contributed by atoms with Crippen LogP contribution in [0.1, 0.15) is 6.42 Å². The van der Waals surface area contributed by atoms with Gasteiger partial charge in [0.2, 0.25) is 5.91 Å². The van der Waals surface area contributed by atoms with E-state index in [2.05, 4.69) is 20.5 Å². The Labute approximate surface area is 172 Å². The number of hydrogen-bond donors (Lipinski definition) is 1. The van der Waals surface area contributed by atoms with Crippen molar-refractivity contribution in [2.75, 3.05) is 24.8 Å². The summed E-state index contributed by atoms with van der Waals surface area (Å²) in [6.45, 7) is 1.28. The molecular weight excluding hydrogens is 398 g/mol. The molecule has 0 aliphatic carbocycles. The minimum atomic E-state index is -0.135. The zero-order valence-corrected chi connectivity index (χ0v) is 16.9. The van der Waals surface area contributed by atoms with Gasteiger partial charge in [0.1, 0.15) is 0 Å². The molecule has 7 nitrogen and oxygen atoms in total. The Balaban J connectivity index is 1.74. The fourth-order valence-corrected chi connectivity index (χ4v) is 3.55. The first kappa shape index (κ1) is 20.3. The van der Waals surface area contributed by atoms with Gasteiger partial charge in [-0.15, -0.1) is 10.2 Å². The molecule has 0 spiro atoms. The van der Waals surface area contributed by atoms with Crippen LogP contribution in [0.4, 0.5) is 5.69 Å². The molecule has 2 heterocycles. The van der Waals surface area contributed by atoms with Crippen LogP contribution in [-0.4, -0.2) is 45.1 Å². The maximum Gasteiger partial charge on any atom is 0.234 e. The van der Waals surface area contributed by atoms with Gasteiger partial charge in [0.05, 0.1) is 22.7 Å². The number of thioether (sulfide) groups is 1. The average molecular weight is 418 g/mol. The first-order chi connectivity index (χ1) is 13.7. The third-order valence-corrected chi connectivity index (χ3v) is 5.14. The van der Waals surface area contributed by atoms with Crippen molar-refractivity contribution in [2.24, 2.45) is 0 Å². The number of rotatable bonds is 9. The number of anilines is 1. The van der Waals surface area contributed by atoms with Crippen LogP contribution in [0, 0.1) is 0 Å². The van der Waals surface area contributed by atoms with Crippen LogP contribution in [0.25, 0.3) is 11.4 Å². The molecule has 0 aliphatic heterocycles. The van der Waals surface area contributed by atoms with E-state index < -0.39 is 0 Å².